The van der Waals surface area contributed by atoms with Gasteiger partial charge in [-0.2, -0.15) is 0 Å². The van der Waals surface area contributed by atoms with E-state index < -0.39 is 0 Å². The van der Waals surface area contributed by atoms with Crippen LogP contribution in [0.1, 0.15) is 12.8 Å². The topological polar surface area (TPSA) is 54.0 Å². The fourth-order valence-electron chi connectivity index (χ4n) is 1.82. The first-order chi connectivity index (χ1) is 8.75. The third-order valence-corrected chi connectivity index (χ3v) is 4.79. The zero-order chi connectivity index (χ0) is 12.8. The summed E-state index contributed by atoms with van der Waals surface area (Å²) in [6.07, 6.45) is 5.64. The van der Waals surface area contributed by atoms with E-state index in [1.54, 1.807) is 30.2 Å². The fraction of sp³-hybridized carbons (Fsp3) is 0.500. The number of halogens is 1. The number of thioether (sulfide) groups is 1. The highest BCUT2D eigenvalue weighted by atomic mass is 79.9. The molecule has 1 aliphatic rings. The molecule has 0 aliphatic carbocycles. The minimum Gasteiger partial charge on any atom is -0.324 e. The number of hydrogen-bond donors (Lipinski definition) is 2. The van der Waals surface area contributed by atoms with Crippen LogP contribution in [0.25, 0.3) is 0 Å². The van der Waals surface area contributed by atoms with Gasteiger partial charge in [-0.25, -0.2) is 0 Å². The Morgan fingerprint density at radius 2 is 2.33 bits per heavy atom. The van der Waals surface area contributed by atoms with Gasteiger partial charge in [-0.05, 0) is 47.9 Å². The van der Waals surface area contributed by atoms with Crippen molar-refractivity contribution in [1.29, 1.82) is 0 Å². The fourth-order valence-corrected chi connectivity index (χ4v) is 3.20. The van der Waals surface area contributed by atoms with E-state index in [0.29, 0.717) is 11.0 Å². The molecular formula is C12H16BrN3OS. The molecule has 1 aromatic rings. The highest BCUT2D eigenvalue weighted by Crippen LogP contribution is 2.22. The van der Waals surface area contributed by atoms with E-state index >= 15 is 0 Å². The number of nitrogens with zero attached hydrogens (tertiary/aromatic N) is 1. The molecule has 2 N–H and O–H groups in total. The maximum atomic E-state index is 11.8. The molecule has 0 aromatic carbocycles. The number of nitrogens with one attached hydrogen (secondary N) is 2. The van der Waals surface area contributed by atoms with Crippen LogP contribution in [0.4, 0.5) is 5.69 Å². The van der Waals surface area contributed by atoms with Crippen LogP contribution in [0, 0.1) is 0 Å². The Morgan fingerprint density at radius 1 is 1.56 bits per heavy atom. The van der Waals surface area contributed by atoms with Crippen molar-refractivity contribution in [2.24, 2.45) is 0 Å². The Hall–Kier alpha value is -0.590. The van der Waals surface area contributed by atoms with Gasteiger partial charge in [-0.15, -0.1) is 11.8 Å². The van der Waals surface area contributed by atoms with Gasteiger partial charge in [0, 0.05) is 17.6 Å². The van der Waals surface area contributed by atoms with Gasteiger partial charge in [-0.3, -0.25) is 9.78 Å². The molecule has 0 radical (unpaired) electrons. The number of carbonyl (C=O) groups excluding carboxylic acids is 1. The molecule has 0 bridgehead atoms. The summed E-state index contributed by atoms with van der Waals surface area (Å²) in [6, 6.07) is 1.79. The second kappa shape index (κ2) is 7.11. The molecule has 0 unspecified atom stereocenters. The number of pyridine rings is 1. The van der Waals surface area contributed by atoms with Crippen molar-refractivity contribution in [1.82, 2.24) is 10.3 Å². The van der Waals surface area contributed by atoms with Gasteiger partial charge in [0.15, 0.2) is 0 Å². The van der Waals surface area contributed by atoms with E-state index in [1.165, 1.54) is 0 Å². The van der Waals surface area contributed by atoms with Crippen molar-refractivity contribution in [2.75, 3.05) is 24.2 Å². The molecule has 1 fully saturated rings. The molecule has 1 saturated heterocycles. The molecule has 2 heterocycles. The average molecular weight is 330 g/mol. The first-order valence-electron chi connectivity index (χ1n) is 5.97. The van der Waals surface area contributed by atoms with E-state index in [4.69, 9.17) is 0 Å². The van der Waals surface area contributed by atoms with E-state index in [2.05, 4.69) is 31.5 Å². The Balaban J connectivity index is 1.76. The normalized spacial score (nSPS) is 16.5. The van der Waals surface area contributed by atoms with E-state index in [0.717, 1.165) is 36.1 Å². The molecule has 98 valence electrons. The second-order valence-electron chi connectivity index (χ2n) is 4.16. The lowest BCUT2D eigenvalue weighted by Crippen LogP contribution is -2.30. The van der Waals surface area contributed by atoms with Crippen LogP contribution < -0.4 is 10.6 Å². The molecular weight excluding hydrogens is 314 g/mol. The number of rotatable bonds is 4. The van der Waals surface area contributed by atoms with Gasteiger partial charge >= 0.3 is 0 Å². The smallest absolute Gasteiger partial charge is 0.234 e. The summed E-state index contributed by atoms with van der Waals surface area (Å²) in [6.45, 7) is 2.13. The number of carbonyl (C=O) groups is 1. The van der Waals surface area contributed by atoms with Gasteiger partial charge in [0.2, 0.25) is 5.91 Å². The lowest BCUT2D eigenvalue weighted by Gasteiger charge is -2.21. The summed E-state index contributed by atoms with van der Waals surface area (Å²) in [5.74, 6) is 0.560. The number of hydrogen-bond acceptors (Lipinski definition) is 4. The van der Waals surface area contributed by atoms with Crippen molar-refractivity contribution >= 4 is 39.3 Å². The maximum absolute atomic E-state index is 11.8. The molecule has 0 atom stereocenters. The minimum absolute atomic E-state index is 0.0467. The van der Waals surface area contributed by atoms with Crippen LogP contribution in [0.2, 0.25) is 0 Å². The quantitative estimate of drug-likeness (QED) is 0.889. The molecule has 0 saturated carbocycles. The molecule has 1 aromatic heterocycles. The van der Waals surface area contributed by atoms with E-state index in [-0.39, 0.29) is 5.91 Å². The number of piperidine rings is 1. The van der Waals surface area contributed by atoms with E-state index in [9.17, 15) is 4.79 Å². The minimum atomic E-state index is 0.0467. The predicted octanol–water partition coefficient (Wildman–Crippen LogP) is 2.27. The van der Waals surface area contributed by atoms with Gasteiger partial charge < -0.3 is 10.6 Å². The van der Waals surface area contributed by atoms with Crippen LogP contribution in [0.3, 0.4) is 0 Å². The Bertz CT molecular complexity index is 410. The molecule has 1 amide bonds. The van der Waals surface area contributed by atoms with Crippen LogP contribution in [-0.4, -0.2) is 35.0 Å². The zero-order valence-corrected chi connectivity index (χ0v) is 12.4. The van der Waals surface area contributed by atoms with Crippen molar-refractivity contribution in [2.45, 2.75) is 18.1 Å². The van der Waals surface area contributed by atoms with Gasteiger partial charge in [0.05, 0.1) is 15.9 Å². The third-order valence-electron chi connectivity index (χ3n) is 2.78. The largest absolute Gasteiger partial charge is 0.324 e. The van der Waals surface area contributed by atoms with Gasteiger partial charge in [0.25, 0.3) is 0 Å². The summed E-state index contributed by atoms with van der Waals surface area (Å²) in [5, 5.41) is 6.82. The highest BCUT2D eigenvalue weighted by molar-refractivity contribution is 9.10. The summed E-state index contributed by atoms with van der Waals surface area (Å²) >= 11 is 5.11. The van der Waals surface area contributed by atoms with Crippen LogP contribution >= 0.6 is 27.7 Å². The number of anilines is 1. The molecule has 4 nitrogen and oxygen atoms in total. The van der Waals surface area contributed by atoms with Crippen molar-refractivity contribution in [3.05, 3.63) is 22.9 Å². The molecule has 0 spiro atoms. The molecule has 2 rings (SSSR count). The standard InChI is InChI=1S/C12H16BrN3OS/c13-10-7-15-6-3-11(10)16-12(17)8-18-9-1-4-14-5-2-9/h3,6-7,9,14H,1-2,4-5,8H2,(H,15,16,17). The van der Waals surface area contributed by atoms with Crippen LogP contribution in [0.15, 0.2) is 22.9 Å². The summed E-state index contributed by atoms with van der Waals surface area (Å²) < 4.78 is 0.810. The monoisotopic (exact) mass is 329 g/mol. The second-order valence-corrected chi connectivity index (χ2v) is 6.31. The number of amides is 1. The SMILES string of the molecule is O=C(CSC1CCNCC1)Nc1ccncc1Br. The summed E-state index contributed by atoms with van der Waals surface area (Å²) in [4.78, 5) is 15.8. The Labute approximate surface area is 119 Å². The Morgan fingerprint density at radius 3 is 3.06 bits per heavy atom. The third kappa shape index (κ3) is 4.26. The predicted molar refractivity (Wildman–Crippen MR) is 78.9 cm³/mol. The first kappa shape index (κ1) is 13.8. The Kier molecular flexibility index (Phi) is 5.46. The lowest BCUT2D eigenvalue weighted by molar-refractivity contribution is -0.113. The molecule has 18 heavy (non-hydrogen) atoms. The van der Waals surface area contributed by atoms with Crippen LogP contribution in [-0.2, 0) is 4.79 Å². The molecule has 1 aliphatic heterocycles. The average Bonchev–Trinajstić information content (AvgIpc) is 2.40. The summed E-state index contributed by atoms with van der Waals surface area (Å²) in [7, 11) is 0. The van der Waals surface area contributed by atoms with E-state index in [1.807, 2.05) is 0 Å². The van der Waals surface area contributed by atoms with Crippen molar-refractivity contribution < 1.29 is 4.79 Å². The highest BCUT2D eigenvalue weighted by Gasteiger charge is 2.15. The van der Waals surface area contributed by atoms with Crippen LogP contribution in [0.5, 0.6) is 0 Å². The summed E-state index contributed by atoms with van der Waals surface area (Å²) in [5.41, 5.74) is 0.779. The first-order valence-corrected chi connectivity index (χ1v) is 7.81. The number of aromatic nitrogens is 1. The van der Waals surface area contributed by atoms with Crippen molar-refractivity contribution in [3.63, 3.8) is 0 Å². The van der Waals surface area contributed by atoms with Gasteiger partial charge in [0.1, 0.15) is 0 Å². The molecule has 6 heteroatoms. The van der Waals surface area contributed by atoms with Crippen molar-refractivity contribution in [3.8, 4) is 0 Å². The maximum Gasteiger partial charge on any atom is 0.234 e. The lowest BCUT2D eigenvalue weighted by atomic mass is 10.2. The van der Waals surface area contributed by atoms with Gasteiger partial charge in [-0.1, -0.05) is 0 Å². The zero-order valence-electron chi connectivity index (χ0n) is 9.99.